The summed E-state index contributed by atoms with van der Waals surface area (Å²) in [7, 11) is 2.23. The van der Waals surface area contributed by atoms with Crippen LogP contribution < -0.4 is 10.2 Å². The fourth-order valence-corrected chi connectivity index (χ4v) is 2.73. The minimum atomic E-state index is 0.626. The van der Waals surface area contributed by atoms with Crippen molar-refractivity contribution in [1.29, 1.82) is 0 Å². The van der Waals surface area contributed by atoms with Gasteiger partial charge >= 0.3 is 0 Å². The molecule has 0 aliphatic rings. The standard InChI is InChI=1S/C18H32N2/c1-7-17(8-2)20(6)18-10-9-15(5)11-16(18)13-19-12-14(3)4/h9-11,14,17,19H,7-8,12-13H2,1-6H3. The molecule has 0 aliphatic heterocycles. The highest BCUT2D eigenvalue weighted by atomic mass is 15.1. The Bertz CT molecular complexity index is 394. The van der Waals surface area contributed by atoms with Crippen molar-refractivity contribution in [1.82, 2.24) is 5.32 Å². The molecule has 2 nitrogen and oxygen atoms in total. The summed E-state index contributed by atoms with van der Waals surface area (Å²) < 4.78 is 0. The van der Waals surface area contributed by atoms with Crippen LogP contribution in [0.4, 0.5) is 5.69 Å². The third kappa shape index (κ3) is 4.82. The Labute approximate surface area is 125 Å². The maximum absolute atomic E-state index is 3.57. The summed E-state index contributed by atoms with van der Waals surface area (Å²) in [5, 5.41) is 3.57. The summed E-state index contributed by atoms with van der Waals surface area (Å²) in [5.41, 5.74) is 4.13. The van der Waals surface area contributed by atoms with Crippen molar-refractivity contribution in [2.24, 2.45) is 5.92 Å². The molecule has 0 amide bonds. The summed E-state index contributed by atoms with van der Waals surface area (Å²) in [6, 6.07) is 7.45. The third-order valence-corrected chi connectivity index (χ3v) is 3.97. The third-order valence-electron chi connectivity index (χ3n) is 3.97. The van der Waals surface area contributed by atoms with E-state index in [1.165, 1.54) is 29.7 Å². The first kappa shape index (κ1) is 17.0. The average molecular weight is 276 g/mol. The van der Waals surface area contributed by atoms with E-state index in [1.54, 1.807) is 0 Å². The van der Waals surface area contributed by atoms with Gasteiger partial charge in [-0.3, -0.25) is 0 Å². The van der Waals surface area contributed by atoms with Crippen LogP contribution in [0.25, 0.3) is 0 Å². The van der Waals surface area contributed by atoms with Gasteiger partial charge in [0.25, 0.3) is 0 Å². The van der Waals surface area contributed by atoms with Gasteiger partial charge in [-0.25, -0.2) is 0 Å². The lowest BCUT2D eigenvalue weighted by molar-refractivity contribution is 0.549. The summed E-state index contributed by atoms with van der Waals surface area (Å²) in [6.07, 6.45) is 2.39. The van der Waals surface area contributed by atoms with Crippen molar-refractivity contribution < 1.29 is 0 Å². The van der Waals surface area contributed by atoms with E-state index in [4.69, 9.17) is 0 Å². The van der Waals surface area contributed by atoms with Gasteiger partial charge in [-0.05, 0) is 43.9 Å². The topological polar surface area (TPSA) is 15.3 Å². The van der Waals surface area contributed by atoms with Gasteiger partial charge in [-0.2, -0.15) is 0 Å². The van der Waals surface area contributed by atoms with E-state index in [1.807, 2.05) is 0 Å². The monoisotopic (exact) mass is 276 g/mol. The van der Waals surface area contributed by atoms with E-state index < -0.39 is 0 Å². The molecule has 0 saturated carbocycles. The highest BCUT2D eigenvalue weighted by molar-refractivity contribution is 5.55. The minimum absolute atomic E-state index is 0.626. The Morgan fingerprint density at radius 2 is 1.80 bits per heavy atom. The molecule has 0 spiro atoms. The first-order valence-corrected chi connectivity index (χ1v) is 8.02. The maximum Gasteiger partial charge on any atom is 0.0411 e. The van der Waals surface area contributed by atoms with E-state index >= 15 is 0 Å². The summed E-state index contributed by atoms with van der Waals surface area (Å²) in [5.74, 6) is 0.694. The van der Waals surface area contributed by atoms with Crippen molar-refractivity contribution in [2.75, 3.05) is 18.5 Å². The average Bonchev–Trinajstić information content (AvgIpc) is 2.39. The van der Waals surface area contributed by atoms with Gasteiger partial charge in [0.2, 0.25) is 0 Å². The van der Waals surface area contributed by atoms with Crippen LogP contribution in [0.2, 0.25) is 0 Å². The summed E-state index contributed by atoms with van der Waals surface area (Å²) in [6.45, 7) is 13.3. The zero-order valence-corrected chi connectivity index (χ0v) is 14.2. The van der Waals surface area contributed by atoms with Gasteiger partial charge in [-0.15, -0.1) is 0 Å². The van der Waals surface area contributed by atoms with Crippen molar-refractivity contribution in [3.8, 4) is 0 Å². The molecule has 0 fully saturated rings. The highest BCUT2D eigenvalue weighted by Gasteiger charge is 2.14. The molecule has 0 saturated heterocycles. The quantitative estimate of drug-likeness (QED) is 0.758. The number of benzene rings is 1. The van der Waals surface area contributed by atoms with Crippen molar-refractivity contribution in [2.45, 2.75) is 60.0 Å². The second-order valence-corrected chi connectivity index (χ2v) is 6.24. The largest absolute Gasteiger partial charge is 0.371 e. The normalized spacial score (nSPS) is 11.4. The van der Waals surface area contributed by atoms with Crippen LogP contribution in [0.1, 0.15) is 51.7 Å². The lowest BCUT2D eigenvalue weighted by atomic mass is 10.0. The van der Waals surface area contributed by atoms with Gasteiger partial charge in [0.1, 0.15) is 0 Å². The number of nitrogens with zero attached hydrogens (tertiary/aromatic N) is 1. The molecule has 1 aromatic carbocycles. The van der Waals surface area contributed by atoms with E-state index in [2.05, 4.69) is 70.1 Å². The molecular formula is C18H32N2. The fraction of sp³-hybridized carbons (Fsp3) is 0.667. The number of rotatable bonds is 8. The zero-order valence-electron chi connectivity index (χ0n) is 14.2. The molecule has 0 bridgehead atoms. The van der Waals surface area contributed by atoms with Gasteiger partial charge in [0.15, 0.2) is 0 Å². The number of anilines is 1. The molecule has 1 rings (SSSR count). The Morgan fingerprint density at radius 1 is 1.15 bits per heavy atom. The van der Waals surface area contributed by atoms with Gasteiger partial charge in [0, 0.05) is 25.3 Å². The lowest BCUT2D eigenvalue weighted by Crippen LogP contribution is -2.32. The summed E-state index contributed by atoms with van der Waals surface area (Å²) in [4.78, 5) is 2.45. The van der Waals surface area contributed by atoms with E-state index in [0.29, 0.717) is 12.0 Å². The van der Waals surface area contributed by atoms with Crippen LogP contribution in [-0.2, 0) is 6.54 Å². The van der Waals surface area contributed by atoms with Crippen LogP contribution in [-0.4, -0.2) is 19.6 Å². The first-order chi connectivity index (χ1) is 9.49. The van der Waals surface area contributed by atoms with E-state index in [9.17, 15) is 0 Å². The van der Waals surface area contributed by atoms with Crippen LogP contribution in [0.3, 0.4) is 0 Å². The van der Waals surface area contributed by atoms with Crippen LogP contribution >= 0.6 is 0 Å². The fourth-order valence-electron chi connectivity index (χ4n) is 2.73. The molecule has 20 heavy (non-hydrogen) atoms. The van der Waals surface area contributed by atoms with Gasteiger partial charge in [-0.1, -0.05) is 45.4 Å². The molecule has 1 aromatic rings. The Hall–Kier alpha value is -1.02. The van der Waals surface area contributed by atoms with E-state index in [-0.39, 0.29) is 0 Å². The van der Waals surface area contributed by atoms with E-state index in [0.717, 1.165) is 13.1 Å². The molecule has 0 atom stereocenters. The van der Waals surface area contributed by atoms with Gasteiger partial charge in [0.05, 0.1) is 0 Å². The molecule has 0 aromatic heterocycles. The summed E-state index contributed by atoms with van der Waals surface area (Å²) >= 11 is 0. The molecular weight excluding hydrogens is 244 g/mol. The Kier molecular flexibility index (Phi) is 7.08. The second-order valence-electron chi connectivity index (χ2n) is 6.24. The SMILES string of the molecule is CCC(CC)N(C)c1ccc(C)cc1CNCC(C)C. The molecule has 114 valence electrons. The second kappa shape index (κ2) is 8.31. The lowest BCUT2D eigenvalue weighted by Gasteiger charge is -2.30. The minimum Gasteiger partial charge on any atom is -0.371 e. The van der Waals surface area contributed by atoms with Gasteiger partial charge < -0.3 is 10.2 Å². The van der Waals surface area contributed by atoms with Crippen molar-refractivity contribution in [3.05, 3.63) is 29.3 Å². The Morgan fingerprint density at radius 3 is 2.35 bits per heavy atom. The molecule has 0 heterocycles. The predicted octanol–water partition coefficient (Wildman–Crippen LogP) is 4.37. The number of hydrogen-bond acceptors (Lipinski definition) is 2. The van der Waals surface area contributed by atoms with Crippen molar-refractivity contribution in [3.63, 3.8) is 0 Å². The number of aryl methyl sites for hydroxylation is 1. The van der Waals surface area contributed by atoms with Crippen molar-refractivity contribution >= 4 is 5.69 Å². The first-order valence-electron chi connectivity index (χ1n) is 8.02. The van der Waals surface area contributed by atoms with Crippen LogP contribution in [0.15, 0.2) is 18.2 Å². The van der Waals surface area contributed by atoms with Crippen LogP contribution in [0, 0.1) is 12.8 Å². The molecule has 2 heteroatoms. The Balaban J connectivity index is 2.88. The molecule has 0 radical (unpaired) electrons. The van der Waals surface area contributed by atoms with Crippen LogP contribution in [0.5, 0.6) is 0 Å². The number of nitrogens with one attached hydrogen (secondary N) is 1. The molecule has 0 unspecified atom stereocenters. The number of hydrogen-bond donors (Lipinski definition) is 1. The zero-order chi connectivity index (χ0) is 15.1. The highest BCUT2D eigenvalue weighted by Crippen LogP contribution is 2.24. The predicted molar refractivity (Wildman–Crippen MR) is 90.5 cm³/mol. The molecule has 1 N–H and O–H groups in total. The molecule has 0 aliphatic carbocycles. The smallest absolute Gasteiger partial charge is 0.0411 e. The maximum atomic E-state index is 3.57.